The summed E-state index contributed by atoms with van der Waals surface area (Å²) in [7, 11) is 0. The topological polar surface area (TPSA) is 37.3 Å². The molecule has 2 rings (SSSR count). The fraction of sp³-hybridized carbons (Fsp3) is 0.786. The van der Waals surface area contributed by atoms with Gasteiger partial charge < -0.3 is 5.11 Å². The number of rotatable bonds is 0. The smallest absolute Gasteiger partial charge is 0.174 e. The maximum atomic E-state index is 12.4. The van der Waals surface area contributed by atoms with Crippen molar-refractivity contribution in [3.63, 3.8) is 0 Å². The number of allylic oxidation sites excluding steroid dienone is 1. The molecule has 1 N–H and O–H groups in total. The van der Waals surface area contributed by atoms with E-state index in [4.69, 9.17) is 0 Å². The van der Waals surface area contributed by atoms with Crippen molar-refractivity contribution in [2.75, 3.05) is 0 Å². The Morgan fingerprint density at radius 1 is 1.19 bits per heavy atom. The summed E-state index contributed by atoms with van der Waals surface area (Å²) in [5.74, 6) is 0.0188. The second-order valence-corrected chi connectivity index (χ2v) is 6.49. The van der Waals surface area contributed by atoms with Gasteiger partial charge in [0.05, 0.1) is 5.41 Å². The lowest BCUT2D eigenvalue weighted by atomic mass is 9.54. The third-order valence-electron chi connectivity index (χ3n) is 4.50. The minimum Gasteiger partial charge on any atom is -0.382 e. The summed E-state index contributed by atoms with van der Waals surface area (Å²) < 4.78 is 0. The Hall–Kier alpha value is -0.630. The number of hydrogen-bond acceptors (Lipinski definition) is 2. The summed E-state index contributed by atoms with van der Waals surface area (Å²) in [6.07, 6.45) is 5.69. The summed E-state index contributed by atoms with van der Waals surface area (Å²) in [5.41, 5.74) is -0.225. The van der Waals surface area contributed by atoms with Crippen molar-refractivity contribution in [1.29, 1.82) is 0 Å². The Balaban J connectivity index is 2.51. The zero-order valence-corrected chi connectivity index (χ0v) is 10.8. The summed E-state index contributed by atoms with van der Waals surface area (Å²) in [6.45, 7) is 8.08. The molecule has 90 valence electrons. The molecule has 0 bridgehead atoms. The lowest BCUT2D eigenvalue weighted by Gasteiger charge is -2.50. The highest BCUT2D eigenvalue weighted by Gasteiger charge is 2.53. The predicted molar refractivity (Wildman–Crippen MR) is 64.1 cm³/mol. The molecule has 0 radical (unpaired) electrons. The van der Waals surface area contributed by atoms with Crippen molar-refractivity contribution >= 4 is 5.78 Å². The van der Waals surface area contributed by atoms with Crippen LogP contribution < -0.4 is 0 Å². The van der Waals surface area contributed by atoms with E-state index in [1.807, 2.05) is 6.92 Å². The van der Waals surface area contributed by atoms with Gasteiger partial charge in [-0.25, -0.2) is 0 Å². The number of aliphatic hydroxyl groups is 1. The number of carbonyl (C=O) groups excluding carboxylic acids is 1. The summed E-state index contributed by atoms with van der Waals surface area (Å²) >= 11 is 0. The van der Waals surface area contributed by atoms with Gasteiger partial charge >= 0.3 is 0 Å². The fourth-order valence-electron chi connectivity index (χ4n) is 3.63. The lowest BCUT2D eigenvalue weighted by molar-refractivity contribution is -0.147. The molecule has 0 spiro atoms. The Morgan fingerprint density at radius 3 is 2.44 bits per heavy atom. The molecular formula is C14H22O2. The third-order valence-corrected chi connectivity index (χ3v) is 4.50. The highest BCUT2D eigenvalue weighted by Crippen LogP contribution is 2.54. The number of hydrogen-bond donors (Lipinski definition) is 1. The fourth-order valence-corrected chi connectivity index (χ4v) is 3.63. The molecule has 2 aliphatic carbocycles. The monoisotopic (exact) mass is 222 g/mol. The Morgan fingerprint density at radius 2 is 1.81 bits per heavy atom. The van der Waals surface area contributed by atoms with Gasteiger partial charge in [0.25, 0.3) is 0 Å². The molecule has 0 unspecified atom stereocenters. The minimum atomic E-state index is -1.16. The summed E-state index contributed by atoms with van der Waals surface area (Å²) in [4.78, 5) is 12.4. The van der Waals surface area contributed by atoms with E-state index in [0.29, 0.717) is 6.42 Å². The van der Waals surface area contributed by atoms with E-state index in [2.05, 4.69) is 19.9 Å². The van der Waals surface area contributed by atoms with Crippen molar-refractivity contribution < 1.29 is 9.90 Å². The first kappa shape index (κ1) is 11.8. The first-order valence-electron chi connectivity index (χ1n) is 6.19. The van der Waals surface area contributed by atoms with Crippen LogP contribution in [0.4, 0.5) is 0 Å². The predicted octanol–water partition coefficient (Wildman–Crippen LogP) is 2.85. The van der Waals surface area contributed by atoms with E-state index < -0.39 is 11.0 Å². The highest BCUT2D eigenvalue weighted by atomic mass is 16.3. The zero-order valence-electron chi connectivity index (χ0n) is 10.8. The summed E-state index contributed by atoms with van der Waals surface area (Å²) in [6, 6.07) is 0. The maximum Gasteiger partial charge on any atom is 0.174 e. The molecule has 0 aromatic rings. The van der Waals surface area contributed by atoms with Gasteiger partial charge in [0.1, 0.15) is 5.60 Å². The van der Waals surface area contributed by atoms with Gasteiger partial charge in [0.15, 0.2) is 5.78 Å². The molecule has 2 heteroatoms. The zero-order chi connectivity index (χ0) is 12.2. The van der Waals surface area contributed by atoms with Crippen molar-refractivity contribution in [2.45, 2.75) is 59.0 Å². The molecule has 0 aliphatic heterocycles. The van der Waals surface area contributed by atoms with Crippen molar-refractivity contribution in [1.82, 2.24) is 0 Å². The van der Waals surface area contributed by atoms with Crippen LogP contribution in [0.15, 0.2) is 11.6 Å². The number of carbonyl (C=O) groups is 1. The van der Waals surface area contributed by atoms with Crippen LogP contribution in [0.25, 0.3) is 0 Å². The average molecular weight is 222 g/mol. The van der Waals surface area contributed by atoms with E-state index >= 15 is 0 Å². The van der Waals surface area contributed by atoms with Crippen LogP contribution in [0.1, 0.15) is 53.4 Å². The first-order valence-corrected chi connectivity index (χ1v) is 6.19. The second-order valence-electron chi connectivity index (χ2n) is 6.49. The molecule has 0 amide bonds. The van der Waals surface area contributed by atoms with E-state index in [1.165, 1.54) is 5.57 Å². The van der Waals surface area contributed by atoms with Crippen molar-refractivity contribution in [3.8, 4) is 0 Å². The van der Waals surface area contributed by atoms with Crippen LogP contribution in [0, 0.1) is 10.8 Å². The largest absolute Gasteiger partial charge is 0.382 e. The molecule has 0 heterocycles. The molecule has 0 aromatic heterocycles. The van der Waals surface area contributed by atoms with Gasteiger partial charge in [0, 0.05) is 6.42 Å². The van der Waals surface area contributed by atoms with Gasteiger partial charge in [0.2, 0.25) is 0 Å². The number of fused-ring (bicyclic) bond motifs is 1. The molecule has 16 heavy (non-hydrogen) atoms. The van der Waals surface area contributed by atoms with Gasteiger partial charge in [-0.3, -0.25) is 4.79 Å². The van der Waals surface area contributed by atoms with Gasteiger partial charge in [-0.1, -0.05) is 31.9 Å². The SMILES string of the molecule is CC1(C)CCC[C@]2(C)C(=O)[C@](C)(O)CC=C12. The van der Waals surface area contributed by atoms with E-state index in [1.54, 1.807) is 6.92 Å². The Kier molecular flexibility index (Phi) is 2.36. The Bertz CT molecular complexity index is 363. The lowest BCUT2D eigenvalue weighted by Crippen LogP contribution is -2.52. The molecule has 0 aromatic carbocycles. The molecule has 1 saturated carbocycles. The molecule has 1 fully saturated rings. The standard InChI is InChI=1S/C14H22O2/c1-12(2)7-5-8-13(3)10(12)6-9-14(4,16)11(13)15/h6,16H,5,7-9H2,1-4H3/t13-,14+/m0/s1. The van der Waals surface area contributed by atoms with Crippen LogP contribution in [-0.4, -0.2) is 16.5 Å². The van der Waals surface area contributed by atoms with Crippen LogP contribution >= 0.6 is 0 Å². The normalized spacial score (nSPS) is 42.6. The van der Waals surface area contributed by atoms with E-state index in [-0.39, 0.29) is 11.2 Å². The molecular weight excluding hydrogens is 200 g/mol. The minimum absolute atomic E-state index is 0.0188. The van der Waals surface area contributed by atoms with Gasteiger partial charge in [-0.15, -0.1) is 0 Å². The first-order chi connectivity index (χ1) is 7.20. The van der Waals surface area contributed by atoms with Gasteiger partial charge in [-0.2, -0.15) is 0 Å². The van der Waals surface area contributed by atoms with Crippen LogP contribution in [-0.2, 0) is 4.79 Å². The number of Topliss-reactive ketones (excluding diaryl/α,β-unsaturated/α-hetero) is 1. The third kappa shape index (κ3) is 1.46. The van der Waals surface area contributed by atoms with Gasteiger partial charge in [-0.05, 0) is 32.1 Å². The molecule has 0 saturated heterocycles. The maximum absolute atomic E-state index is 12.4. The van der Waals surface area contributed by atoms with Crippen LogP contribution in [0.5, 0.6) is 0 Å². The molecule has 2 nitrogen and oxygen atoms in total. The number of ketones is 1. The molecule has 2 aliphatic rings. The van der Waals surface area contributed by atoms with Crippen LogP contribution in [0.3, 0.4) is 0 Å². The van der Waals surface area contributed by atoms with E-state index in [9.17, 15) is 9.90 Å². The highest BCUT2D eigenvalue weighted by molar-refractivity contribution is 5.96. The van der Waals surface area contributed by atoms with Crippen molar-refractivity contribution in [3.05, 3.63) is 11.6 Å². The van der Waals surface area contributed by atoms with Crippen molar-refractivity contribution in [2.24, 2.45) is 10.8 Å². The molecule has 2 atom stereocenters. The van der Waals surface area contributed by atoms with E-state index in [0.717, 1.165) is 19.3 Å². The second kappa shape index (κ2) is 3.19. The quantitative estimate of drug-likeness (QED) is 0.640. The summed E-state index contributed by atoms with van der Waals surface area (Å²) in [5, 5.41) is 10.1. The average Bonchev–Trinajstić information content (AvgIpc) is 2.12. The Labute approximate surface area is 97.7 Å². The van der Waals surface area contributed by atoms with Crippen LogP contribution in [0.2, 0.25) is 0 Å².